The van der Waals surface area contributed by atoms with Crippen molar-refractivity contribution in [2.45, 2.75) is 65.5 Å². The molecule has 0 bridgehead atoms. The fourth-order valence-electron chi connectivity index (χ4n) is 5.82. The molecule has 8 nitrogen and oxygen atoms in total. The van der Waals surface area contributed by atoms with E-state index in [4.69, 9.17) is 9.47 Å². The van der Waals surface area contributed by atoms with Gasteiger partial charge < -0.3 is 14.4 Å². The second-order valence-electron chi connectivity index (χ2n) is 10.6. The number of nitrogens with one attached hydrogen (secondary N) is 1. The van der Waals surface area contributed by atoms with Crippen molar-refractivity contribution in [1.29, 1.82) is 0 Å². The summed E-state index contributed by atoms with van der Waals surface area (Å²) in [6.07, 6.45) is 2.58. The molecule has 0 aliphatic carbocycles. The minimum absolute atomic E-state index is 0.0116. The number of carbonyl (C=O) groups is 3. The molecule has 0 aromatic heterocycles. The summed E-state index contributed by atoms with van der Waals surface area (Å²) in [6, 6.07) is 8.52. The van der Waals surface area contributed by atoms with Crippen LogP contribution in [0, 0.1) is 6.92 Å². The first-order chi connectivity index (χ1) is 17.0. The first-order valence-corrected chi connectivity index (χ1v) is 12.2. The fourth-order valence-corrected chi connectivity index (χ4v) is 5.82. The topological polar surface area (TPSA) is 88.2 Å². The highest BCUT2D eigenvalue weighted by Crippen LogP contribution is 2.45. The van der Waals surface area contributed by atoms with Crippen LogP contribution in [0.5, 0.6) is 11.5 Å². The molecule has 1 atom stereocenters. The molecule has 5 rings (SSSR count). The summed E-state index contributed by atoms with van der Waals surface area (Å²) < 4.78 is 10.7. The third-order valence-corrected chi connectivity index (χ3v) is 7.20. The van der Waals surface area contributed by atoms with Gasteiger partial charge in [-0.25, -0.2) is 9.69 Å². The molecular weight excluding hydrogens is 458 g/mol. The summed E-state index contributed by atoms with van der Waals surface area (Å²) in [7, 11) is 0. The molecule has 188 valence electrons. The van der Waals surface area contributed by atoms with E-state index in [0.717, 1.165) is 22.4 Å². The Morgan fingerprint density at radius 1 is 1.08 bits per heavy atom. The number of benzene rings is 2. The molecule has 0 unspecified atom stereocenters. The van der Waals surface area contributed by atoms with Gasteiger partial charge in [-0.15, -0.1) is 0 Å². The van der Waals surface area contributed by atoms with Crippen molar-refractivity contribution in [2.75, 3.05) is 16.6 Å². The number of ether oxygens (including phenoxy) is 2. The number of fused-ring (bicyclic) bond motifs is 2. The number of aryl methyl sites for hydroxylation is 1. The van der Waals surface area contributed by atoms with E-state index in [1.807, 2.05) is 6.92 Å². The number of carbonyl (C=O) groups excluding carboxylic acids is 3. The van der Waals surface area contributed by atoms with Crippen molar-refractivity contribution in [3.05, 3.63) is 52.6 Å². The summed E-state index contributed by atoms with van der Waals surface area (Å²) >= 11 is 0. The molecular formula is C28H31N3O5. The van der Waals surface area contributed by atoms with E-state index in [1.54, 1.807) is 24.3 Å². The molecule has 1 saturated heterocycles. The Morgan fingerprint density at radius 3 is 2.53 bits per heavy atom. The molecule has 0 saturated carbocycles. The van der Waals surface area contributed by atoms with Crippen LogP contribution in [0.4, 0.5) is 16.2 Å². The smallest absolute Gasteiger partial charge is 0.335 e. The number of urea groups is 1. The number of anilines is 2. The maximum Gasteiger partial charge on any atom is 0.335 e. The number of nitrogens with zero attached hydrogens (tertiary/aromatic N) is 2. The Bertz CT molecular complexity index is 1330. The Morgan fingerprint density at radius 2 is 1.81 bits per heavy atom. The molecule has 2 aromatic rings. The molecule has 3 aliphatic rings. The van der Waals surface area contributed by atoms with Crippen LogP contribution >= 0.6 is 0 Å². The minimum atomic E-state index is -0.799. The fraction of sp³-hybridized carbons (Fsp3) is 0.393. The van der Waals surface area contributed by atoms with Gasteiger partial charge in [0.1, 0.15) is 5.57 Å². The standard InChI is InChI=1S/C28H31N3O5/c1-15(2)31-22-9-16(3)18(10-20(22)17(4)13-28(31,5)6)11-21-25(32)29-27(34)30(26(21)33)19-7-8-23-24(12-19)36-14-35-23/h7-12,15,17H,13-14H2,1-6H3,(H,29,32,34)/b21-11+/t17-/m1/s1. The number of rotatable bonds is 3. The summed E-state index contributed by atoms with van der Waals surface area (Å²) in [5.41, 5.74) is 4.31. The highest BCUT2D eigenvalue weighted by molar-refractivity contribution is 6.39. The van der Waals surface area contributed by atoms with Gasteiger partial charge in [0.05, 0.1) is 5.69 Å². The predicted octanol–water partition coefficient (Wildman–Crippen LogP) is 4.89. The normalized spacial score (nSPS) is 21.8. The Balaban J connectivity index is 1.55. The molecule has 1 fully saturated rings. The van der Waals surface area contributed by atoms with Crippen molar-refractivity contribution in [1.82, 2.24) is 5.32 Å². The van der Waals surface area contributed by atoms with Crippen molar-refractivity contribution in [2.24, 2.45) is 0 Å². The van der Waals surface area contributed by atoms with Crippen molar-refractivity contribution < 1.29 is 23.9 Å². The number of hydrogen-bond acceptors (Lipinski definition) is 6. The minimum Gasteiger partial charge on any atom is -0.454 e. The van der Waals surface area contributed by atoms with E-state index in [1.165, 1.54) is 11.3 Å². The monoisotopic (exact) mass is 489 g/mol. The highest BCUT2D eigenvalue weighted by Gasteiger charge is 2.39. The zero-order valence-corrected chi connectivity index (χ0v) is 21.5. The lowest BCUT2D eigenvalue weighted by molar-refractivity contribution is -0.122. The lowest BCUT2D eigenvalue weighted by Gasteiger charge is -2.50. The molecule has 0 radical (unpaired) electrons. The van der Waals surface area contributed by atoms with Gasteiger partial charge in [0.2, 0.25) is 6.79 Å². The van der Waals surface area contributed by atoms with Crippen LogP contribution in [0.1, 0.15) is 63.6 Å². The van der Waals surface area contributed by atoms with E-state index in [-0.39, 0.29) is 17.9 Å². The van der Waals surface area contributed by atoms with Crippen molar-refractivity contribution in [3.63, 3.8) is 0 Å². The summed E-state index contributed by atoms with van der Waals surface area (Å²) in [5, 5.41) is 2.30. The molecule has 0 spiro atoms. The van der Waals surface area contributed by atoms with Crippen LogP contribution in [0.3, 0.4) is 0 Å². The molecule has 4 amide bonds. The van der Waals surface area contributed by atoms with Gasteiger partial charge in [-0.3, -0.25) is 14.9 Å². The third kappa shape index (κ3) is 3.81. The van der Waals surface area contributed by atoms with Gasteiger partial charge in [0.15, 0.2) is 11.5 Å². The number of amides is 4. The summed E-state index contributed by atoms with van der Waals surface area (Å²) in [5.74, 6) is -0.110. The van der Waals surface area contributed by atoms with Gasteiger partial charge in [-0.05, 0) is 94.0 Å². The summed E-state index contributed by atoms with van der Waals surface area (Å²) in [6.45, 7) is 13.2. The van der Waals surface area contributed by atoms with Gasteiger partial charge in [0, 0.05) is 23.3 Å². The van der Waals surface area contributed by atoms with Crippen molar-refractivity contribution in [3.8, 4) is 11.5 Å². The maximum atomic E-state index is 13.4. The third-order valence-electron chi connectivity index (χ3n) is 7.20. The van der Waals surface area contributed by atoms with Crippen LogP contribution in [-0.4, -0.2) is 36.2 Å². The molecule has 2 aromatic carbocycles. The van der Waals surface area contributed by atoms with E-state index >= 15 is 0 Å². The quantitative estimate of drug-likeness (QED) is 0.488. The van der Waals surface area contributed by atoms with E-state index in [0.29, 0.717) is 29.1 Å². The number of imide groups is 2. The first kappa shape index (κ1) is 23.9. The average molecular weight is 490 g/mol. The second-order valence-corrected chi connectivity index (χ2v) is 10.6. The largest absolute Gasteiger partial charge is 0.454 e. The Kier molecular flexibility index (Phi) is 5.58. The van der Waals surface area contributed by atoms with Gasteiger partial charge in [0.25, 0.3) is 11.8 Å². The number of barbiturate groups is 1. The molecule has 3 heterocycles. The van der Waals surface area contributed by atoms with E-state index < -0.39 is 17.8 Å². The number of hydrogen-bond donors (Lipinski definition) is 1. The lowest BCUT2D eigenvalue weighted by atomic mass is 9.78. The molecule has 3 aliphatic heterocycles. The van der Waals surface area contributed by atoms with Gasteiger partial charge in [-0.2, -0.15) is 0 Å². The lowest BCUT2D eigenvalue weighted by Crippen LogP contribution is -2.54. The highest BCUT2D eigenvalue weighted by atomic mass is 16.7. The van der Waals surface area contributed by atoms with Crippen LogP contribution in [-0.2, 0) is 9.59 Å². The second kappa shape index (κ2) is 8.40. The SMILES string of the molecule is Cc1cc2c(cc1/C=C1\C(=O)NC(=O)N(c3ccc4c(c3)OCO4)C1=O)[C@H](C)CC(C)(C)N2C(C)C. The predicted molar refractivity (Wildman–Crippen MR) is 137 cm³/mol. The zero-order chi connectivity index (χ0) is 25.9. The average Bonchev–Trinajstić information content (AvgIpc) is 3.24. The zero-order valence-electron chi connectivity index (χ0n) is 21.5. The van der Waals surface area contributed by atoms with Gasteiger partial charge in [-0.1, -0.05) is 6.92 Å². The Labute approximate surface area is 210 Å². The maximum absolute atomic E-state index is 13.4. The molecule has 8 heteroatoms. The van der Waals surface area contributed by atoms with Crippen LogP contribution < -0.4 is 24.6 Å². The van der Waals surface area contributed by atoms with Crippen LogP contribution in [0.25, 0.3) is 6.08 Å². The first-order valence-electron chi connectivity index (χ1n) is 12.2. The Hall–Kier alpha value is -3.81. The van der Waals surface area contributed by atoms with Crippen molar-refractivity contribution >= 4 is 35.3 Å². The van der Waals surface area contributed by atoms with Gasteiger partial charge >= 0.3 is 6.03 Å². The van der Waals surface area contributed by atoms with Crippen LogP contribution in [0.2, 0.25) is 0 Å². The van der Waals surface area contributed by atoms with E-state index in [2.05, 4.69) is 57.0 Å². The molecule has 36 heavy (non-hydrogen) atoms. The van der Waals surface area contributed by atoms with Crippen LogP contribution in [0.15, 0.2) is 35.9 Å². The molecule has 1 N–H and O–H groups in total. The summed E-state index contributed by atoms with van der Waals surface area (Å²) in [4.78, 5) is 42.3. The van der Waals surface area contributed by atoms with E-state index in [9.17, 15) is 14.4 Å².